The van der Waals surface area contributed by atoms with E-state index in [0.29, 0.717) is 31.8 Å². The van der Waals surface area contributed by atoms with Crippen molar-refractivity contribution in [3.05, 3.63) is 12.2 Å². The maximum absolute atomic E-state index is 12.3. The van der Waals surface area contributed by atoms with Gasteiger partial charge in [0.15, 0.2) is 0 Å². The zero-order valence-electron chi connectivity index (χ0n) is 15.4. The average Bonchev–Trinajstić information content (AvgIpc) is 2.61. The van der Waals surface area contributed by atoms with E-state index in [9.17, 15) is 4.79 Å². The molecule has 0 aliphatic heterocycles. The second kappa shape index (κ2) is 10.4. The van der Waals surface area contributed by atoms with E-state index in [-0.39, 0.29) is 5.91 Å². The van der Waals surface area contributed by atoms with E-state index in [1.807, 2.05) is 4.90 Å². The third-order valence-electron chi connectivity index (χ3n) is 4.92. The van der Waals surface area contributed by atoms with Crippen LogP contribution in [0.1, 0.15) is 71.1 Å². The first-order chi connectivity index (χ1) is 11.7. The van der Waals surface area contributed by atoms with Crippen molar-refractivity contribution in [1.82, 2.24) is 4.90 Å². The normalized spacial score (nSPS) is 18.2. The number of hydrogen-bond donors (Lipinski definition) is 0. The summed E-state index contributed by atoms with van der Waals surface area (Å²) in [7, 11) is 0. The van der Waals surface area contributed by atoms with E-state index in [4.69, 9.17) is 9.98 Å². The van der Waals surface area contributed by atoms with Crippen molar-refractivity contribution < 1.29 is 4.79 Å². The van der Waals surface area contributed by atoms with Crippen molar-refractivity contribution >= 4 is 17.3 Å². The summed E-state index contributed by atoms with van der Waals surface area (Å²) in [4.78, 5) is 23.7. The SMILES string of the molecule is C=C(C)C(=O)N(CCN=C1CCCCC1)CCN=C1CCCCC1. The third-order valence-corrected chi connectivity index (χ3v) is 4.92. The Hall–Kier alpha value is -1.45. The van der Waals surface area contributed by atoms with Crippen molar-refractivity contribution in [3.63, 3.8) is 0 Å². The summed E-state index contributed by atoms with van der Waals surface area (Å²) in [6.07, 6.45) is 12.3. The largest absolute Gasteiger partial charge is 0.335 e. The number of rotatable bonds is 7. The highest BCUT2D eigenvalue weighted by Gasteiger charge is 2.14. The molecule has 2 aliphatic rings. The summed E-state index contributed by atoms with van der Waals surface area (Å²) in [6, 6.07) is 0. The van der Waals surface area contributed by atoms with Gasteiger partial charge in [0.1, 0.15) is 0 Å². The number of amides is 1. The van der Waals surface area contributed by atoms with Gasteiger partial charge in [-0.2, -0.15) is 0 Å². The predicted octanol–water partition coefficient (Wildman–Crippen LogP) is 4.20. The van der Waals surface area contributed by atoms with Crippen LogP contribution >= 0.6 is 0 Å². The van der Waals surface area contributed by atoms with Crippen LogP contribution in [0.25, 0.3) is 0 Å². The Morgan fingerprint density at radius 2 is 1.29 bits per heavy atom. The van der Waals surface area contributed by atoms with Crippen LogP contribution in [0.5, 0.6) is 0 Å². The molecule has 0 heterocycles. The standard InChI is InChI=1S/C20H33N3O/c1-17(2)20(24)23(15-13-21-18-9-5-3-6-10-18)16-14-22-19-11-7-4-8-12-19/h1,3-16H2,2H3. The number of carbonyl (C=O) groups excluding carboxylic acids is 1. The summed E-state index contributed by atoms with van der Waals surface area (Å²) in [6.45, 7) is 8.38. The van der Waals surface area contributed by atoms with Crippen LogP contribution in [0.2, 0.25) is 0 Å². The molecule has 134 valence electrons. The van der Waals surface area contributed by atoms with Crippen LogP contribution in [-0.4, -0.2) is 48.4 Å². The Morgan fingerprint density at radius 3 is 1.67 bits per heavy atom. The number of carbonyl (C=O) groups is 1. The zero-order valence-corrected chi connectivity index (χ0v) is 15.4. The lowest BCUT2D eigenvalue weighted by molar-refractivity contribution is -0.126. The highest BCUT2D eigenvalue weighted by atomic mass is 16.2. The fraction of sp³-hybridized carbons (Fsp3) is 0.750. The monoisotopic (exact) mass is 331 g/mol. The summed E-state index contributed by atoms with van der Waals surface area (Å²) in [5.41, 5.74) is 3.28. The molecule has 24 heavy (non-hydrogen) atoms. The molecule has 0 saturated heterocycles. The number of aliphatic imine (C=N–C) groups is 2. The van der Waals surface area contributed by atoms with Crippen LogP contribution in [0.15, 0.2) is 22.1 Å². The van der Waals surface area contributed by atoms with Crippen LogP contribution < -0.4 is 0 Å². The minimum Gasteiger partial charge on any atom is -0.335 e. The Kier molecular flexibility index (Phi) is 8.20. The fourth-order valence-corrected chi connectivity index (χ4v) is 3.48. The topological polar surface area (TPSA) is 45.0 Å². The molecule has 0 radical (unpaired) electrons. The van der Waals surface area contributed by atoms with Gasteiger partial charge in [-0.15, -0.1) is 0 Å². The van der Waals surface area contributed by atoms with Crippen LogP contribution in [0.4, 0.5) is 0 Å². The van der Waals surface area contributed by atoms with Crippen molar-refractivity contribution in [1.29, 1.82) is 0 Å². The molecule has 2 rings (SSSR count). The molecule has 0 N–H and O–H groups in total. The van der Waals surface area contributed by atoms with Gasteiger partial charge in [0.05, 0.1) is 13.1 Å². The minimum atomic E-state index is 0.0442. The van der Waals surface area contributed by atoms with Gasteiger partial charge in [-0.1, -0.05) is 19.4 Å². The van der Waals surface area contributed by atoms with Gasteiger partial charge in [0, 0.05) is 30.1 Å². The van der Waals surface area contributed by atoms with Gasteiger partial charge in [-0.05, 0) is 58.3 Å². The van der Waals surface area contributed by atoms with Crippen molar-refractivity contribution in [2.24, 2.45) is 9.98 Å². The van der Waals surface area contributed by atoms with Crippen LogP contribution in [-0.2, 0) is 4.79 Å². The molecule has 2 saturated carbocycles. The third kappa shape index (κ3) is 6.58. The van der Waals surface area contributed by atoms with Gasteiger partial charge in [0.2, 0.25) is 5.91 Å². The predicted molar refractivity (Wildman–Crippen MR) is 102 cm³/mol. The fourth-order valence-electron chi connectivity index (χ4n) is 3.48. The molecular formula is C20H33N3O. The van der Waals surface area contributed by atoms with Crippen molar-refractivity contribution in [2.45, 2.75) is 71.1 Å². The van der Waals surface area contributed by atoms with Gasteiger partial charge < -0.3 is 4.90 Å². The lowest BCUT2D eigenvalue weighted by Gasteiger charge is -2.22. The first kappa shape index (κ1) is 18.9. The molecule has 4 heteroatoms. The highest BCUT2D eigenvalue weighted by molar-refractivity contribution is 5.92. The molecule has 4 nitrogen and oxygen atoms in total. The summed E-state index contributed by atoms with van der Waals surface area (Å²) in [5, 5.41) is 0. The highest BCUT2D eigenvalue weighted by Crippen LogP contribution is 2.15. The van der Waals surface area contributed by atoms with E-state index < -0.39 is 0 Å². The smallest absolute Gasteiger partial charge is 0.249 e. The second-order valence-corrected chi connectivity index (χ2v) is 7.09. The van der Waals surface area contributed by atoms with E-state index in [0.717, 1.165) is 25.7 Å². The number of nitrogens with zero attached hydrogens (tertiary/aromatic N) is 3. The maximum atomic E-state index is 12.3. The van der Waals surface area contributed by atoms with E-state index in [1.165, 1.54) is 49.9 Å². The summed E-state index contributed by atoms with van der Waals surface area (Å²) in [5.74, 6) is 0.0442. The van der Waals surface area contributed by atoms with Crippen molar-refractivity contribution in [2.75, 3.05) is 26.2 Å². The molecule has 2 aliphatic carbocycles. The van der Waals surface area contributed by atoms with Gasteiger partial charge in [-0.3, -0.25) is 14.8 Å². The lowest BCUT2D eigenvalue weighted by Crippen LogP contribution is -2.36. The Balaban J connectivity index is 1.82. The summed E-state index contributed by atoms with van der Waals surface area (Å²) >= 11 is 0. The number of hydrogen-bond acceptors (Lipinski definition) is 3. The molecule has 1 amide bonds. The molecule has 0 bridgehead atoms. The van der Waals surface area contributed by atoms with E-state index in [2.05, 4.69) is 6.58 Å². The van der Waals surface area contributed by atoms with Gasteiger partial charge in [0.25, 0.3) is 0 Å². The average molecular weight is 332 g/mol. The molecule has 0 aromatic carbocycles. The first-order valence-electron chi connectivity index (χ1n) is 9.66. The van der Waals surface area contributed by atoms with Crippen molar-refractivity contribution in [3.8, 4) is 0 Å². The quantitative estimate of drug-likeness (QED) is 0.645. The lowest BCUT2D eigenvalue weighted by atomic mass is 9.98. The Labute approximate surface area is 147 Å². The second-order valence-electron chi connectivity index (χ2n) is 7.09. The van der Waals surface area contributed by atoms with E-state index >= 15 is 0 Å². The van der Waals surface area contributed by atoms with Crippen LogP contribution in [0.3, 0.4) is 0 Å². The van der Waals surface area contributed by atoms with E-state index in [1.54, 1.807) is 6.92 Å². The van der Waals surface area contributed by atoms with Crippen LogP contribution in [0, 0.1) is 0 Å². The maximum Gasteiger partial charge on any atom is 0.249 e. The molecule has 0 atom stereocenters. The minimum absolute atomic E-state index is 0.0442. The Bertz CT molecular complexity index is 445. The molecular weight excluding hydrogens is 298 g/mol. The molecule has 0 unspecified atom stereocenters. The first-order valence-corrected chi connectivity index (χ1v) is 9.66. The van der Waals surface area contributed by atoms with Gasteiger partial charge >= 0.3 is 0 Å². The molecule has 0 spiro atoms. The molecule has 2 fully saturated rings. The molecule has 0 aromatic heterocycles. The Morgan fingerprint density at radius 1 is 0.875 bits per heavy atom. The zero-order chi connectivity index (χ0) is 17.2. The van der Waals surface area contributed by atoms with Gasteiger partial charge in [-0.25, -0.2) is 0 Å². The molecule has 0 aromatic rings. The summed E-state index contributed by atoms with van der Waals surface area (Å²) < 4.78 is 0.